The van der Waals surface area contributed by atoms with Crippen LogP contribution in [0.1, 0.15) is 10.5 Å². The van der Waals surface area contributed by atoms with Crippen molar-refractivity contribution >= 4 is 22.2 Å². The number of fused-ring (bicyclic) bond motifs is 1. The van der Waals surface area contributed by atoms with Crippen LogP contribution in [-0.4, -0.2) is 65.4 Å². The molecule has 0 atom stereocenters. The summed E-state index contributed by atoms with van der Waals surface area (Å²) in [5, 5.41) is 0. The molecule has 1 aliphatic heterocycles. The lowest BCUT2D eigenvalue weighted by Crippen LogP contribution is -2.47. The summed E-state index contributed by atoms with van der Waals surface area (Å²) < 4.78 is 7.13. The number of benzene rings is 1. The summed E-state index contributed by atoms with van der Waals surface area (Å²) >= 11 is 1.58. The maximum absolute atomic E-state index is 12.6. The number of rotatable bonds is 3. The van der Waals surface area contributed by atoms with Crippen LogP contribution in [0.25, 0.3) is 15.4 Å². The largest absolute Gasteiger partial charge is 0.497 e. The molecule has 7 heteroatoms. The summed E-state index contributed by atoms with van der Waals surface area (Å²) in [6, 6.07) is 7.95. The van der Waals surface area contributed by atoms with Crippen molar-refractivity contribution in [3.63, 3.8) is 0 Å². The molecule has 1 fully saturated rings. The van der Waals surface area contributed by atoms with Crippen molar-refractivity contribution < 1.29 is 9.53 Å². The second-order valence-corrected chi connectivity index (χ2v) is 7.24. The van der Waals surface area contributed by atoms with Crippen molar-refractivity contribution in [3.8, 4) is 16.2 Å². The Labute approximate surface area is 150 Å². The average molecular weight is 356 g/mol. The molecule has 130 valence electrons. The normalized spacial score (nSPS) is 15.7. The molecule has 2 aromatic heterocycles. The third kappa shape index (κ3) is 3.12. The maximum Gasteiger partial charge on any atom is 0.274 e. The van der Waals surface area contributed by atoms with Crippen LogP contribution in [0, 0.1) is 0 Å². The average Bonchev–Trinajstić information content (AvgIpc) is 3.21. The van der Waals surface area contributed by atoms with Gasteiger partial charge in [0.25, 0.3) is 5.91 Å². The summed E-state index contributed by atoms with van der Waals surface area (Å²) in [5.74, 6) is 0.861. The van der Waals surface area contributed by atoms with Crippen LogP contribution in [0.2, 0.25) is 0 Å². The van der Waals surface area contributed by atoms with E-state index in [4.69, 9.17) is 4.74 Å². The molecule has 1 amide bonds. The minimum absolute atomic E-state index is 0.0231. The number of hydrogen-bond acceptors (Lipinski definition) is 5. The zero-order valence-corrected chi connectivity index (χ0v) is 15.1. The quantitative estimate of drug-likeness (QED) is 0.723. The molecule has 1 aromatic carbocycles. The standard InChI is InChI=1S/C18H20N4O2S/c1-20-7-9-21(10-8-20)17(23)15-11-22-12-16(25-18(22)19-15)13-3-5-14(24-2)6-4-13/h3-6,11-12H,7-10H2,1-2H3. The molecule has 0 radical (unpaired) electrons. The first-order valence-corrected chi connectivity index (χ1v) is 9.06. The van der Waals surface area contributed by atoms with Gasteiger partial charge >= 0.3 is 0 Å². The number of carbonyl (C=O) groups excluding carboxylic acids is 1. The lowest BCUT2D eigenvalue weighted by Gasteiger charge is -2.31. The van der Waals surface area contributed by atoms with Crippen LogP contribution in [0.3, 0.4) is 0 Å². The molecule has 6 nitrogen and oxygen atoms in total. The van der Waals surface area contributed by atoms with Gasteiger partial charge in [-0.25, -0.2) is 4.98 Å². The number of imidazole rings is 1. The van der Waals surface area contributed by atoms with E-state index >= 15 is 0 Å². The summed E-state index contributed by atoms with van der Waals surface area (Å²) in [6.45, 7) is 3.35. The Morgan fingerprint density at radius 3 is 2.48 bits per heavy atom. The minimum atomic E-state index is 0.0231. The maximum atomic E-state index is 12.6. The molecule has 0 saturated carbocycles. The van der Waals surface area contributed by atoms with E-state index in [9.17, 15) is 4.79 Å². The monoisotopic (exact) mass is 356 g/mol. The number of nitrogens with zero attached hydrogens (tertiary/aromatic N) is 4. The van der Waals surface area contributed by atoms with E-state index in [0.717, 1.165) is 47.3 Å². The predicted octanol–water partition coefficient (Wildman–Crippen LogP) is 2.46. The number of likely N-dealkylation sites (N-methyl/N-ethyl adjacent to an activating group) is 1. The highest BCUT2D eigenvalue weighted by molar-refractivity contribution is 7.20. The Hall–Kier alpha value is -2.38. The van der Waals surface area contributed by atoms with E-state index < -0.39 is 0 Å². The number of aromatic nitrogens is 2. The number of carbonyl (C=O) groups is 1. The van der Waals surface area contributed by atoms with Gasteiger partial charge in [0.2, 0.25) is 0 Å². The van der Waals surface area contributed by atoms with Crippen LogP contribution < -0.4 is 4.74 Å². The Balaban J connectivity index is 1.55. The zero-order valence-electron chi connectivity index (χ0n) is 14.3. The van der Waals surface area contributed by atoms with Crippen molar-refractivity contribution in [1.29, 1.82) is 0 Å². The molecule has 0 N–H and O–H groups in total. The topological polar surface area (TPSA) is 50.1 Å². The van der Waals surface area contributed by atoms with Crippen LogP contribution >= 0.6 is 11.3 Å². The minimum Gasteiger partial charge on any atom is -0.497 e. The van der Waals surface area contributed by atoms with E-state index in [-0.39, 0.29) is 5.91 Å². The number of methoxy groups -OCH3 is 1. The van der Waals surface area contributed by atoms with Crippen LogP contribution in [-0.2, 0) is 0 Å². The highest BCUT2D eigenvalue weighted by Crippen LogP contribution is 2.30. The van der Waals surface area contributed by atoms with Gasteiger partial charge in [0.05, 0.1) is 12.0 Å². The summed E-state index contributed by atoms with van der Waals surface area (Å²) in [7, 11) is 3.74. The second-order valence-electron chi connectivity index (χ2n) is 6.24. The molecule has 3 heterocycles. The van der Waals surface area contributed by atoms with Gasteiger partial charge in [-0.2, -0.15) is 0 Å². The number of hydrogen-bond donors (Lipinski definition) is 0. The van der Waals surface area contributed by atoms with E-state index in [1.54, 1.807) is 18.4 Å². The van der Waals surface area contributed by atoms with E-state index in [1.807, 2.05) is 46.0 Å². The van der Waals surface area contributed by atoms with Gasteiger partial charge in [0.15, 0.2) is 4.96 Å². The van der Waals surface area contributed by atoms with Gasteiger partial charge in [-0.05, 0) is 36.9 Å². The third-order valence-electron chi connectivity index (χ3n) is 4.54. The molecule has 1 saturated heterocycles. The van der Waals surface area contributed by atoms with Gasteiger partial charge < -0.3 is 14.5 Å². The predicted molar refractivity (Wildman–Crippen MR) is 98.5 cm³/mol. The van der Waals surface area contributed by atoms with E-state index in [0.29, 0.717) is 5.69 Å². The lowest BCUT2D eigenvalue weighted by atomic mass is 10.2. The Kier molecular flexibility index (Phi) is 4.19. The smallest absolute Gasteiger partial charge is 0.274 e. The van der Waals surface area contributed by atoms with Gasteiger partial charge in [0.1, 0.15) is 11.4 Å². The zero-order chi connectivity index (χ0) is 17.4. The molecule has 4 rings (SSSR count). The second kappa shape index (κ2) is 6.50. The Morgan fingerprint density at radius 1 is 1.12 bits per heavy atom. The van der Waals surface area contributed by atoms with Crippen molar-refractivity contribution in [2.24, 2.45) is 0 Å². The molecular formula is C18H20N4O2S. The highest BCUT2D eigenvalue weighted by Gasteiger charge is 2.23. The molecule has 0 unspecified atom stereocenters. The summed E-state index contributed by atoms with van der Waals surface area (Å²) in [6.07, 6.45) is 3.86. The molecule has 0 bridgehead atoms. The molecule has 0 aliphatic carbocycles. The van der Waals surface area contributed by atoms with Gasteiger partial charge in [-0.3, -0.25) is 9.20 Å². The first-order valence-electron chi connectivity index (χ1n) is 8.25. The number of ether oxygens (including phenoxy) is 1. The van der Waals surface area contributed by atoms with Crippen LogP contribution in [0.5, 0.6) is 5.75 Å². The number of piperazine rings is 1. The molecule has 1 aliphatic rings. The first kappa shape index (κ1) is 16.1. The van der Waals surface area contributed by atoms with E-state index in [2.05, 4.69) is 16.9 Å². The molecule has 25 heavy (non-hydrogen) atoms. The fraction of sp³-hybridized carbons (Fsp3) is 0.333. The SMILES string of the molecule is COc1ccc(-c2cn3cc(C(=O)N4CCN(C)CC4)nc3s2)cc1. The third-order valence-corrected chi connectivity index (χ3v) is 5.59. The fourth-order valence-electron chi connectivity index (χ4n) is 2.96. The summed E-state index contributed by atoms with van der Waals surface area (Å²) in [5.41, 5.74) is 1.64. The van der Waals surface area contributed by atoms with Crippen molar-refractivity contribution in [3.05, 3.63) is 42.4 Å². The van der Waals surface area contributed by atoms with Gasteiger partial charge in [-0.1, -0.05) is 11.3 Å². The van der Waals surface area contributed by atoms with Crippen molar-refractivity contribution in [2.75, 3.05) is 40.3 Å². The van der Waals surface area contributed by atoms with Crippen LogP contribution in [0.15, 0.2) is 36.7 Å². The lowest BCUT2D eigenvalue weighted by molar-refractivity contribution is 0.0659. The molecular weight excluding hydrogens is 336 g/mol. The summed E-state index contributed by atoms with van der Waals surface area (Å²) in [4.78, 5) is 23.2. The highest BCUT2D eigenvalue weighted by atomic mass is 32.1. The van der Waals surface area contributed by atoms with Crippen molar-refractivity contribution in [1.82, 2.24) is 19.2 Å². The van der Waals surface area contributed by atoms with Gasteiger partial charge in [-0.15, -0.1) is 0 Å². The number of thiazole rings is 1. The van der Waals surface area contributed by atoms with Gasteiger partial charge in [0, 0.05) is 38.6 Å². The number of amides is 1. The van der Waals surface area contributed by atoms with Crippen molar-refractivity contribution in [2.45, 2.75) is 0 Å². The Morgan fingerprint density at radius 2 is 1.84 bits per heavy atom. The van der Waals surface area contributed by atoms with E-state index in [1.165, 1.54) is 0 Å². The Bertz CT molecular complexity index is 860. The fourth-order valence-corrected chi connectivity index (χ4v) is 3.93. The molecule has 3 aromatic rings. The molecule has 0 spiro atoms. The first-order chi connectivity index (χ1) is 12.1. The van der Waals surface area contributed by atoms with Crippen LogP contribution in [0.4, 0.5) is 0 Å².